The fourth-order valence-corrected chi connectivity index (χ4v) is 7.22. The van der Waals surface area contributed by atoms with E-state index in [0.717, 1.165) is 70.0 Å². The summed E-state index contributed by atoms with van der Waals surface area (Å²) in [6.07, 6.45) is 41.2. The number of hydrogen-bond donors (Lipinski definition) is 2. The smallest absolute Gasteiger partial charge is 0.466 e. The van der Waals surface area contributed by atoms with Crippen molar-refractivity contribution >= 4 is 19.8 Å². The second-order valence-corrected chi connectivity index (χ2v) is 19.0. The van der Waals surface area contributed by atoms with Gasteiger partial charge in [-0.25, -0.2) is 4.57 Å². The minimum Gasteiger partial charge on any atom is -0.466 e. The largest absolute Gasteiger partial charge is 0.472 e. The number of aliphatic hydroxyl groups excluding tert-OH is 1. The number of unbranched alkanes of at least 4 members (excludes halogenated alkanes) is 9. The first-order valence-corrected chi connectivity index (χ1v) is 25.6. The van der Waals surface area contributed by atoms with Crippen LogP contribution in [0.25, 0.3) is 0 Å². The number of aliphatic hydroxyl groups is 1. The van der Waals surface area contributed by atoms with E-state index in [1.165, 1.54) is 55.4 Å². The van der Waals surface area contributed by atoms with E-state index in [-0.39, 0.29) is 26.1 Å². The van der Waals surface area contributed by atoms with Crippen molar-refractivity contribution in [2.75, 3.05) is 47.5 Å². The summed E-state index contributed by atoms with van der Waals surface area (Å²) in [5.74, 6) is 1.38. The molecule has 0 spiro atoms. The number of ether oxygens (including phenoxy) is 2. The summed E-state index contributed by atoms with van der Waals surface area (Å²) in [5, 5.41) is 9.86. The second-order valence-electron chi connectivity index (χ2n) is 17.5. The highest BCUT2D eigenvalue weighted by molar-refractivity contribution is 7.47. The molecule has 1 aromatic heterocycles. The van der Waals surface area contributed by atoms with Gasteiger partial charge in [0.25, 0.3) is 0 Å². The minimum absolute atomic E-state index is 0.000784. The summed E-state index contributed by atoms with van der Waals surface area (Å²) < 4.78 is 40.5. The molecule has 2 unspecified atom stereocenters. The van der Waals surface area contributed by atoms with Gasteiger partial charge in [0, 0.05) is 25.7 Å². The zero-order chi connectivity index (χ0) is 47.3. The van der Waals surface area contributed by atoms with Crippen molar-refractivity contribution < 1.29 is 51.6 Å². The Morgan fingerprint density at radius 3 is 1.88 bits per heavy atom. The van der Waals surface area contributed by atoms with Gasteiger partial charge in [-0.1, -0.05) is 138 Å². The Kier molecular flexibility index (Phi) is 33.8. The second kappa shape index (κ2) is 36.9. The summed E-state index contributed by atoms with van der Waals surface area (Å²) in [7, 11) is 1.37. The van der Waals surface area contributed by atoms with Gasteiger partial charge in [-0.3, -0.25) is 18.6 Å². The van der Waals surface area contributed by atoms with Crippen LogP contribution in [0.5, 0.6) is 0 Å². The van der Waals surface area contributed by atoms with Gasteiger partial charge < -0.3 is 28.4 Å². The predicted octanol–water partition coefficient (Wildman–Crippen LogP) is 12.4. The Balaban J connectivity index is 2.40. The molecule has 0 bridgehead atoms. The fourth-order valence-electron chi connectivity index (χ4n) is 6.48. The summed E-state index contributed by atoms with van der Waals surface area (Å²) in [5.41, 5.74) is 2.65. The maximum Gasteiger partial charge on any atom is 0.472 e. The molecule has 64 heavy (non-hydrogen) atoms. The van der Waals surface area contributed by atoms with Crippen LogP contribution in [0.1, 0.15) is 158 Å². The van der Waals surface area contributed by atoms with Gasteiger partial charge in [0.05, 0.1) is 33.9 Å². The number of hydrogen-bond acceptors (Lipinski definition) is 9. The van der Waals surface area contributed by atoms with Gasteiger partial charge in [-0.2, -0.15) is 0 Å². The molecule has 0 saturated heterocycles. The van der Waals surface area contributed by atoms with Gasteiger partial charge in [-0.15, -0.1) is 0 Å². The standard InChI is InChI=1S/C52H86NO10P/c1-8-10-29-35-47(54)36-31-25-21-17-15-13-12-14-16-18-24-28-34-40-52(56)62-48(44-61-64(57,58)60-42-41-53(5,6)7)43-59-51(55)39-33-27-23-20-19-22-26-32-38-50-46(4)45(3)49(63-50)37-30-11-9-2/h10,13-16,21,24-25,28-29,31,36,47-48,54H,8-9,11-12,17-20,22-23,26-27,30,32-35,37-44H2,1-7H3/p+1/b15-13-,16-14-,25-21+,28-24-,29-10-,36-31+/t47?,48-/m1/s1. The van der Waals surface area contributed by atoms with Gasteiger partial charge in [0.15, 0.2) is 6.10 Å². The average Bonchev–Trinajstić information content (AvgIpc) is 3.51. The first-order chi connectivity index (χ1) is 30.7. The third-order valence-electron chi connectivity index (χ3n) is 10.5. The molecular formula is C52H87NO10P+. The highest BCUT2D eigenvalue weighted by atomic mass is 31.2. The maximum atomic E-state index is 12.7. The molecule has 1 heterocycles. The molecule has 2 N–H and O–H groups in total. The predicted molar refractivity (Wildman–Crippen MR) is 261 cm³/mol. The van der Waals surface area contributed by atoms with Crippen molar-refractivity contribution in [2.24, 2.45) is 0 Å². The van der Waals surface area contributed by atoms with Crippen LogP contribution in [-0.4, -0.2) is 86.1 Å². The highest BCUT2D eigenvalue weighted by Gasteiger charge is 2.27. The molecule has 0 aliphatic heterocycles. The third kappa shape index (κ3) is 33.2. The molecule has 364 valence electrons. The number of allylic oxidation sites excluding steroid dienone is 10. The van der Waals surface area contributed by atoms with E-state index in [1.54, 1.807) is 6.08 Å². The van der Waals surface area contributed by atoms with Crippen LogP contribution in [0.4, 0.5) is 0 Å². The van der Waals surface area contributed by atoms with Gasteiger partial charge in [0.2, 0.25) is 0 Å². The molecule has 12 heteroatoms. The van der Waals surface area contributed by atoms with E-state index >= 15 is 0 Å². The molecule has 0 amide bonds. The first kappa shape index (κ1) is 58.7. The molecule has 3 atom stereocenters. The van der Waals surface area contributed by atoms with Crippen LogP contribution in [0.2, 0.25) is 0 Å². The van der Waals surface area contributed by atoms with Crippen molar-refractivity contribution in [1.82, 2.24) is 0 Å². The number of likely N-dealkylation sites (N-methyl/N-ethyl adjacent to an activating group) is 1. The normalized spacial score (nSPS) is 14.6. The lowest BCUT2D eigenvalue weighted by Crippen LogP contribution is -2.37. The number of carbonyl (C=O) groups is 2. The Bertz CT molecular complexity index is 1620. The fraction of sp³-hybridized carbons (Fsp3) is 0.654. The number of phosphoric acid groups is 1. The number of aryl methyl sites for hydroxylation is 2. The third-order valence-corrected chi connectivity index (χ3v) is 11.5. The number of carbonyl (C=O) groups excluding carboxylic acids is 2. The number of rotatable bonds is 39. The molecule has 1 rings (SSSR count). The van der Waals surface area contributed by atoms with E-state index in [9.17, 15) is 24.2 Å². The Labute approximate surface area is 387 Å². The molecule has 1 aromatic rings. The van der Waals surface area contributed by atoms with Crippen molar-refractivity contribution in [3.8, 4) is 0 Å². The molecule has 11 nitrogen and oxygen atoms in total. The topological polar surface area (TPSA) is 142 Å². The minimum atomic E-state index is -4.43. The van der Waals surface area contributed by atoms with E-state index in [0.29, 0.717) is 30.3 Å². The zero-order valence-electron chi connectivity index (χ0n) is 40.8. The van der Waals surface area contributed by atoms with Crippen LogP contribution in [0.3, 0.4) is 0 Å². The monoisotopic (exact) mass is 917 g/mol. The van der Waals surface area contributed by atoms with Crippen LogP contribution in [0.15, 0.2) is 77.3 Å². The molecule has 0 aliphatic carbocycles. The Morgan fingerprint density at radius 1 is 0.688 bits per heavy atom. The summed E-state index contributed by atoms with van der Waals surface area (Å²) in [4.78, 5) is 35.5. The molecule has 0 fully saturated rings. The molecule has 0 aliphatic rings. The molecule has 0 radical (unpaired) electrons. The molecular weight excluding hydrogens is 830 g/mol. The number of furan rings is 1. The number of phosphoric ester groups is 1. The quantitative estimate of drug-likeness (QED) is 0.0164. The average molecular weight is 917 g/mol. The number of quaternary nitrogens is 1. The summed E-state index contributed by atoms with van der Waals surface area (Å²) in [6.45, 7) is 8.40. The van der Waals surface area contributed by atoms with Gasteiger partial charge in [0.1, 0.15) is 31.3 Å². The van der Waals surface area contributed by atoms with E-state index in [4.69, 9.17) is 22.9 Å². The van der Waals surface area contributed by atoms with Crippen molar-refractivity contribution in [3.05, 3.63) is 95.6 Å². The van der Waals surface area contributed by atoms with E-state index in [2.05, 4.69) is 52.0 Å². The summed E-state index contributed by atoms with van der Waals surface area (Å²) in [6, 6.07) is 0. The van der Waals surface area contributed by atoms with Crippen LogP contribution < -0.4 is 0 Å². The van der Waals surface area contributed by atoms with Gasteiger partial charge >= 0.3 is 19.8 Å². The van der Waals surface area contributed by atoms with Crippen LogP contribution in [0, 0.1) is 13.8 Å². The van der Waals surface area contributed by atoms with E-state index < -0.39 is 38.6 Å². The number of esters is 2. The molecule has 0 aromatic carbocycles. The highest BCUT2D eigenvalue weighted by Crippen LogP contribution is 2.43. The number of nitrogens with zero attached hydrogens (tertiary/aromatic N) is 1. The zero-order valence-corrected chi connectivity index (χ0v) is 41.7. The summed E-state index contributed by atoms with van der Waals surface area (Å²) >= 11 is 0. The van der Waals surface area contributed by atoms with Crippen molar-refractivity contribution in [3.63, 3.8) is 0 Å². The van der Waals surface area contributed by atoms with Crippen LogP contribution >= 0.6 is 7.82 Å². The SMILES string of the molecule is CC/C=C\CC(O)/C=C/C=C/C/C=C\C/C=C\C/C=C\CCC(=O)O[C@H](COC(=O)CCCCCCCCCCc1oc(CCCCC)c(C)c1C)COP(=O)(O)OCC[N+](C)(C)C. The molecule has 0 saturated carbocycles. The van der Waals surface area contributed by atoms with Crippen molar-refractivity contribution in [2.45, 2.75) is 175 Å². The lowest BCUT2D eigenvalue weighted by Gasteiger charge is -2.24. The Morgan fingerprint density at radius 2 is 1.27 bits per heavy atom. The Hall–Kier alpha value is -3.31. The maximum absolute atomic E-state index is 12.7. The lowest BCUT2D eigenvalue weighted by molar-refractivity contribution is -0.870. The van der Waals surface area contributed by atoms with Gasteiger partial charge in [-0.05, 0) is 82.8 Å². The lowest BCUT2D eigenvalue weighted by atomic mass is 10.0. The van der Waals surface area contributed by atoms with Crippen LogP contribution in [-0.2, 0) is 45.5 Å². The van der Waals surface area contributed by atoms with Crippen molar-refractivity contribution in [1.29, 1.82) is 0 Å². The first-order valence-electron chi connectivity index (χ1n) is 24.1. The van der Waals surface area contributed by atoms with E-state index in [1.807, 2.05) is 63.7 Å².